The quantitative estimate of drug-likeness (QED) is 0.409. The summed E-state index contributed by atoms with van der Waals surface area (Å²) in [6, 6.07) is 14.9. The van der Waals surface area contributed by atoms with Crippen molar-refractivity contribution >= 4 is 17.6 Å². The third-order valence-electron chi connectivity index (χ3n) is 8.89. The van der Waals surface area contributed by atoms with Gasteiger partial charge in [-0.3, -0.25) is 24.2 Å². The number of nitrogens with zero attached hydrogens (tertiary/aromatic N) is 5. The lowest BCUT2D eigenvalue weighted by molar-refractivity contribution is -0.134. The maximum atomic E-state index is 13.5. The number of rotatable bonds is 7. The van der Waals surface area contributed by atoms with Gasteiger partial charge in [-0.25, -0.2) is 0 Å². The van der Waals surface area contributed by atoms with Crippen LogP contribution in [0.3, 0.4) is 0 Å². The number of aromatic nitrogens is 2. The highest BCUT2D eigenvalue weighted by Gasteiger charge is 2.44. The van der Waals surface area contributed by atoms with Gasteiger partial charge in [-0.05, 0) is 74.1 Å². The van der Waals surface area contributed by atoms with Gasteiger partial charge in [0.25, 0.3) is 5.91 Å². The molecule has 7 heteroatoms. The first kappa shape index (κ1) is 26.5. The van der Waals surface area contributed by atoms with E-state index in [-0.39, 0.29) is 23.7 Å². The lowest BCUT2D eigenvalue weighted by atomic mass is 9.97. The van der Waals surface area contributed by atoms with Crippen molar-refractivity contribution in [2.75, 3.05) is 19.6 Å². The van der Waals surface area contributed by atoms with Gasteiger partial charge in [0.15, 0.2) is 0 Å². The normalized spacial score (nSPS) is 21.2. The van der Waals surface area contributed by atoms with Crippen LogP contribution in [-0.2, 0) is 16.6 Å². The lowest BCUT2D eigenvalue weighted by Gasteiger charge is -2.26. The molecule has 1 saturated heterocycles. The minimum Gasteiger partial charge on any atom is -0.342 e. The van der Waals surface area contributed by atoms with Gasteiger partial charge in [0.1, 0.15) is 11.4 Å². The summed E-state index contributed by atoms with van der Waals surface area (Å²) < 4.78 is 1.81. The van der Waals surface area contributed by atoms with Crippen molar-refractivity contribution in [1.29, 1.82) is 0 Å². The predicted octanol–water partition coefficient (Wildman–Crippen LogP) is 5.32. The van der Waals surface area contributed by atoms with Crippen molar-refractivity contribution in [3.8, 4) is 22.3 Å². The molecule has 1 saturated carbocycles. The van der Waals surface area contributed by atoms with Crippen molar-refractivity contribution in [3.05, 3.63) is 66.0 Å². The molecule has 2 aliphatic heterocycles. The highest BCUT2D eigenvalue weighted by Crippen LogP contribution is 2.38. The fraction of sp³-hybridized carbons (Fsp3) is 0.455. The number of amidine groups is 1. The van der Waals surface area contributed by atoms with E-state index in [1.807, 2.05) is 47.8 Å². The zero-order valence-electron chi connectivity index (χ0n) is 24.2. The van der Waals surface area contributed by atoms with Gasteiger partial charge >= 0.3 is 0 Å². The molecule has 2 amide bonds. The number of hydrogen-bond acceptors (Lipinski definition) is 4. The van der Waals surface area contributed by atoms with E-state index in [1.165, 1.54) is 12.8 Å². The Kier molecular flexibility index (Phi) is 6.64. The number of amides is 2. The first-order valence-electron chi connectivity index (χ1n) is 14.5. The summed E-state index contributed by atoms with van der Waals surface area (Å²) in [5, 5.41) is 4.27. The molecule has 1 unspecified atom stereocenters. The van der Waals surface area contributed by atoms with Crippen molar-refractivity contribution in [2.45, 2.75) is 52.5 Å². The maximum absolute atomic E-state index is 13.5. The molecule has 3 aliphatic rings. The highest BCUT2D eigenvalue weighted by atomic mass is 16.2. The van der Waals surface area contributed by atoms with E-state index >= 15 is 0 Å². The Hall–Kier alpha value is -3.74. The molecule has 3 heterocycles. The standard InChI is InChI=1S/C33H39N5O2/c1-21-16-27(25-8-10-26(11-9-25)28-17-34-36(5)20-28)12-13-29(21)30-35-33(3,4)32(40)38(30)19-23-14-15-37(18-23)31(39)22(2)24-6-7-24/h8-13,16-17,20,22-24H,6-7,14-15,18-19H2,1-5H3/t22?,23-/m1/s1. The SMILES string of the molecule is Cc1cc(-c2ccc(-c3cnn(C)c3)cc2)ccc1C1=NC(C)(C)C(=O)N1C[C@@H]1CCN(C(=O)C(C)C2CC2)C1. The summed E-state index contributed by atoms with van der Waals surface area (Å²) in [5.74, 6) is 2.02. The molecular formula is C33H39N5O2. The van der Waals surface area contributed by atoms with E-state index in [2.05, 4.69) is 61.4 Å². The molecule has 1 aliphatic carbocycles. The highest BCUT2D eigenvalue weighted by molar-refractivity contribution is 6.15. The van der Waals surface area contributed by atoms with E-state index in [0.29, 0.717) is 12.5 Å². The Morgan fingerprint density at radius 2 is 1.70 bits per heavy atom. The molecule has 2 aromatic carbocycles. The number of aryl methyl sites for hydroxylation is 2. The second-order valence-corrected chi connectivity index (χ2v) is 12.5. The number of likely N-dealkylation sites (tertiary alicyclic amines) is 1. The Balaban J connectivity index is 1.19. The number of carbonyl (C=O) groups is 2. The summed E-state index contributed by atoms with van der Waals surface area (Å²) in [5.41, 5.74) is 5.78. The Morgan fingerprint density at radius 3 is 2.33 bits per heavy atom. The average Bonchev–Trinajstić information content (AvgIpc) is 3.45. The number of aliphatic imine (C=N–C) groups is 1. The fourth-order valence-electron chi connectivity index (χ4n) is 6.22. The number of benzene rings is 2. The predicted molar refractivity (Wildman–Crippen MR) is 158 cm³/mol. The van der Waals surface area contributed by atoms with Crippen LogP contribution in [0.4, 0.5) is 0 Å². The van der Waals surface area contributed by atoms with Crippen LogP contribution in [0.1, 0.15) is 51.2 Å². The molecule has 0 bridgehead atoms. The van der Waals surface area contributed by atoms with Gasteiger partial charge < -0.3 is 4.90 Å². The van der Waals surface area contributed by atoms with E-state index in [0.717, 1.165) is 58.7 Å². The van der Waals surface area contributed by atoms with Crippen LogP contribution in [0.15, 0.2) is 59.9 Å². The molecule has 7 nitrogen and oxygen atoms in total. The van der Waals surface area contributed by atoms with Crippen LogP contribution in [0.2, 0.25) is 0 Å². The summed E-state index contributed by atoms with van der Waals surface area (Å²) in [4.78, 5) is 35.3. The average molecular weight is 538 g/mol. The number of hydrogen-bond donors (Lipinski definition) is 0. The van der Waals surface area contributed by atoms with E-state index in [9.17, 15) is 9.59 Å². The molecule has 40 heavy (non-hydrogen) atoms. The fourth-order valence-corrected chi connectivity index (χ4v) is 6.22. The second kappa shape index (κ2) is 10.0. The molecule has 0 radical (unpaired) electrons. The smallest absolute Gasteiger partial charge is 0.255 e. The Labute approximate surface area is 236 Å². The molecule has 1 aromatic heterocycles. The van der Waals surface area contributed by atoms with Crippen molar-refractivity contribution in [3.63, 3.8) is 0 Å². The minimum atomic E-state index is -0.794. The van der Waals surface area contributed by atoms with Gasteiger partial charge in [-0.2, -0.15) is 5.10 Å². The van der Waals surface area contributed by atoms with Crippen LogP contribution >= 0.6 is 0 Å². The van der Waals surface area contributed by atoms with Crippen LogP contribution in [-0.4, -0.2) is 62.4 Å². The van der Waals surface area contributed by atoms with Crippen LogP contribution in [0.25, 0.3) is 22.3 Å². The first-order chi connectivity index (χ1) is 19.1. The summed E-state index contributed by atoms with van der Waals surface area (Å²) in [6.45, 7) is 10.1. The third kappa shape index (κ3) is 4.98. The van der Waals surface area contributed by atoms with Gasteiger partial charge in [0.2, 0.25) is 5.91 Å². The maximum Gasteiger partial charge on any atom is 0.255 e. The largest absolute Gasteiger partial charge is 0.342 e. The summed E-state index contributed by atoms with van der Waals surface area (Å²) >= 11 is 0. The third-order valence-corrected chi connectivity index (χ3v) is 8.89. The molecule has 2 atom stereocenters. The second-order valence-electron chi connectivity index (χ2n) is 12.5. The van der Waals surface area contributed by atoms with Crippen LogP contribution in [0.5, 0.6) is 0 Å². The van der Waals surface area contributed by atoms with Crippen LogP contribution < -0.4 is 0 Å². The Bertz CT molecular complexity index is 1480. The van der Waals surface area contributed by atoms with Crippen LogP contribution in [0, 0.1) is 24.7 Å². The molecular weight excluding hydrogens is 498 g/mol. The van der Waals surface area contributed by atoms with E-state index in [4.69, 9.17) is 4.99 Å². The topological polar surface area (TPSA) is 70.8 Å². The monoisotopic (exact) mass is 537 g/mol. The molecule has 0 spiro atoms. The molecule has 6 rings (SSSR count). The van der Waals surface area contributed by atoms with E-state index < -0.39 is 5.54 Å². The van der Waals surface area contributed by atoms with Crippen molar-refractivity contribution in [1.82, 2.24) is 19.6 Å². The van der Waals surface area contributed by atoms with Gasteiger partial charge in [-0.1, -0.05) is 49.4 Å². The molecule has 208 valence electrons. The van der Waals surface area contributed by atoms with E-state index in [1.54, 1.807) is 0 Å². The Morgan fingerprint density at radius 1 is 1.02 bits per heavy atom. The summed E-state index contributed by atoms with van der Waals surface area (Å²) in [7, 11) is 1.92. The minimum absolute atomic E-state index is 0.0353. The first-order valence-corrected chi connectivity index (χ1v) is 14.5. The van der Waals surface area contributed by atoms with Crippen molar-refractivity contribution in [2.24, 2.45) is 29.8 Å². The number of carbonyl (C=O) groups excluding carboxylic acids is 2. The van der Waals surface area contributed by atoms with Gasteiger partial charge in [0.05, 0.1) is 6.20 Å². The molecule has 0 N–H and O–H groups in total. The zero-order valence-corrected chi connectivity index (χ0v) is 24.2. The zero-order chi connectivity index (χ0) is 28.2. The van der Waals surface area contributed by atoms with Gasteiger partial charge in [-0.15, -0.1) is 0 Å². The summed E-state index contributed by atoms with van der Waals surface area (Å²) in [6.07, 6.45) is 7.17. The molecule has 2 fully saturated rings. The molecule has 3 aromatic rings. The van der Waals surface area contributed by atoms with Crippen molar-refractivity contribution < 1.29 is 9.59 Å². The lowest BCUT2D eigenvalue weighted by Crippen LogP contribution is -2.43. The van der Waals surface area contributed by atoms with Gasteiger partial charge in [0, 0.05) is 49.9 Å².